The fraction of sp³-hybridized carbons (Fsp3) is 0.500. The molecule has 0 aromatic carbocycles. The summed E-state index contributed by atoms with van der Waals surface area (Å²) in [6.45, 7) is 3.80. The Balaban J connectivity index is 3.06. The van der Waals surface area contributed by atoms with Gasteiger partial charge in [0.15, 0.2) is 0 Å². The largest absolute Gasteiger partial charge is 0.467 e. The van der Waals surface area contributed by atoms with Crippen LogP contribution in [-0.4, -0.2) is 31.2 Å². The summed E-state index contributed by atoms with van der Waals surface area (Å²) in [6.07, 6.45) is 0. The van der Waals surface area contributed by atoms with Crippen LogP contribution < -0.4 is 10.6 Å². The number of hydrogen-bond acceptors (Lipinski definition) is 5. The van der Waals surface area contributed by atoms with Crippen molar-refractivity contribution in [3.63, 3.8) is 0 Å². The van der Waals surface area contributed by atoms with Gasteiger partial charge in [0.05, 0.1) is 17.2 Å². The van der Waals surface area contributed by atoms with Gasteiger partial charge in [-0.05, 0) is 12.0 Å². The lowest BCUT2D eigenvalue weighted by atomic mass is 10.0. The Labute approximate surface area is 122 Å². The number of pyridine rings is 1. The van der Waals surface area contributed by atoms with E-state index in [4.69, 9.17) is 27.9 Å². The molecule has 0 aliphatic heterocycles. The van der Waals surface area contributed by atoms with Crippen molar-refractivity contribution < 1.29 is 9.53 Å². The summed E-state index contributed by atoms with van der Waals surface area (Å²) in [4.78, 5) is 15.9. The summed E-state index contributed by atoms with van der Waals surface area (Å²) in [6, 6.07) is 1.04. The van der Waals surface area contributed by atoms with Crippen molar-refractivity contribution in [3.05, 3.63) is 16.1 Å². The number of hydrogen-bond donors (Lipinski definition) is 2. The number of ether oxygens (including phenoxy) is 1. The number of nitrogens with one attached hydrogen (secondary N) is 2. The minimum Gasteiger partial charge on any atom is -0.467 e. The maximum Gasteiger partial charge on any atom is 0.328 e. The molecule has 0 saturated heterocycles. The van der Waals surface area contributed by atoms with Crippen molar-refractivity contribution in [1.82, 2.24) is 4.98 Å². The average Bonchev–Trinajstić information content (AvgIpc) is 2.36. The fourth-order valence-electron chi connectivity index (χ4n) is 1.52. The zero-order valence-electron chi connectivity index (χ0n) is 11.3. The number of carbonyl (C=O) groups is 1. The molecular weight excluding hydrogens is 289 g/mol. The summed E-state index contributed by atoms with van der Waals surface area (Å²) in [7, 11) is 3.04. The van der Waals surface area contributed by atoms with Crippen LogP contribution in [0.5, 0.6) is 0 Å². The van der Waals surface area contributed by atoms with Crippen LogP contribution in [-0.2, 0) is 9.53 Å². The fourth-order valence-corrected chi connectivity index (χ4v) is 2.02. The van der Waals surface area contributed by atoms with Crippen LogP contribution in [0.1, 0.15) is 13.8 Å². The van der Waals surface area contributed by atoms with E-state index in [1.807, 2.05) is 13.8 Å². The Morgan fingerprint density at radius 1 is 1.32 bits per heavy atom. The molecule has 0 aliphatic carbocycles. The Kier molecular flexibility index (Phi) is 5.69. The van der Waals surface area contributed by atoms with E-state index >= 15 is 0 Å². The zero-order valence-corrected chi connectivity index (χ0v) is 12.8. The van der Waals surface area contributed by atoms with Crippen molar-refractivity contribution in [3.8, 4) is 0 Å². The molecule has 0 bridgehead atoms. The first-order valence-electron chi connectivity index (χ1n) is 5.78. The van der Waals surface area contributed by atoms with E-state index < -0.39 is 6.04 Å². The predicted octanol–water partition coefficient (Wildman–Crippen LogP) is 3.04. The van der Waals surface area contributed by atoms with Crippen LogP contribution in [0.3, 0.4) is 0 Å². The lowest BCUT2D eigenvalue weighted by Gasteiger charge is -2.21. The number of methoxy groups -OCH3 is 1. The van der Waals surface area contributed by atoms with E-state index in [2.05, 4.69) is 15.6 Å². The number of halogens is 2. The van der Waals surface area contributed by atoms with Crippen molar-refractivity contribution in [2.24, 2.45) is 5.92 Å². The summed E-state index contributed by atoms with van der Waals surface area (Å²) in [5, 5.41) is 6.59. The molecule has 1 aromatic heterocycles. The number of carbonyl (C=O) groups excluding carboxylic acids is 1. The van der Waals surface area contributed by atoms with Gasteiger partial charge in [-0.25, -0.2) is 9.78 Å². The smallest absolute Gasteiger partial charge is 0.328 e. The molecule has 1 unspecified atom stereocenters. The molecule has 0 fully saturated rings. The highest BCUT2D eigenvalue weighted by molar-refractivity contribution is 6.37. The van der Waals surface area contributed by atoms with Crippen molar-refractivity contribution >= 4 is 40.8 Å². The monoisotopic (exact) mass is 305 g/mol. The van der Waals surface area contributed by atoms with Crippen molar-refractivity contribution in [2.45, 2.75) is 19.9 Å². The van der Waals surface area contributed by atoms with E-state index in [9.17, 15) is 4.79 Å². The molecule has 19 heavy (non-hydrogen) atoms. The summed E-state index contributed by atoms with van der Waals surface area (Å²) < 4.78 is 4.75. The normalized spacial score (nSPS) is 12.2. The molecule has 1 rings (SSSR count). The highest BCUT2D eigenvalue weighted by Gasteiger charge is 2.24. The van der Waals surface area contributed by atoms with Crippen LogP contribution in [0.15, 0.2) is 6.07 Å². The maximum atomic E-state index is 11.7. The van der Waals surface area contributed by atoms with E-state index in [1.54, 1.807) is 13.1 Å². The quantitative estimate of drug-likeness (QED) is 0.819. The molecular formula is C12H17Cl2N3O2. The van der Waals surface area contributed by atoms with Crippen LogP contribution >= 0.6 is 23.2 Å². The van der Waals surface area contributed by atoms with Gasteiger partial charge in [-0.2, -0.15) is 0 Å². The van der Waals surface area contributed by atoms with Crippen LogP contribution in [0.2, 0.25) is 10.0 Å². The van der Waals surface area contributed by atoms with Crippen molar-refractivity contribution in [2.75, 3.05) is 24.8 Å². The minimum absolute atomic E-state index is 0.0269. The van der Waals surface area contributed by atoms with Crippen LogP contribution in [0.4, 0.5) is 11.6 Å². The number of anilines is 2. The van der Waals surface area contributed by atoms with E-state index in [0.29, 0.717) is 21.7 Å². The van der Waals surface area contributed by atoms with Gasteiger partial charge in [-0.1, -0.05) is 37.0 Å². The first-order valence-corrected chi connectivity index (χ1v) is 6.54. The van der Waals surface area contributed by atoms with Gasteiger partial charge in [0.1, 0.15) is 17.7 Å². The van der Waals surface area contributed by atoms with Gasteiger partial charge in [0, 0.05) is 7.05 Å². The summed E-state index contributed by atoms with van der Waals surface area (Å²) in [5.41, 5.74) is 0. The number of aromatic nitrogens is 1. The lowest BCUT2D eigenvalue weighted by molar-refractivity contribution is -0.142. The Hall–Kier alpha value is -1.20. The number of esters is 1. The van der Waals surface area contributed by atoms with Crippen LogP contribution in [0.25, 0.3) is 0 Å². The second kappa shape index (κ2) is 6.82. The minimum atomic E-state index is -0.527. The summed E-state index contributed by atoms with van der Waals surface area (Å²) in [5.74, 6) is 0.535. The molecule has 1 heterocycles. The van der Waals surface area contributed by atoms with Gasteiger partial charge in [-0.3, -0.25) is 0 Å². The molecule has 0 spiro atoms. The lowest BCUT2D eigenvalue weighted by Crippen LogP contribution is -2.35. The Morgan fingerprint density at radius 3 is 2.37 bits per heavy atom. The molecule has 7 heteroatoms. The van der Waals surface area contributed by atoms with Gasteiger partial charge in [0.25, 0.3) is 0 Å². The molecule has 0 saturated carbocycles. The summed E-state index contributed by atoms with van der Waals surface area (Å²) >= 11 is 12.0. The first-order chi connectivity index (χ1) is 8.90. The average molecular weight is 306 g/mol. The maximum absolute atomic E-state index is 11.7. The third-order valence-corrected chi connectivity index (χ3v) is 3.16. The molecule has 0 amide bonds. The van der Waals surface area contributed by atoms with Crippen molar-refractivity contribution in [1.29, 1.82) is 0 Å². The molecule has 0 aliphatic rings. The molecule has 5 nitrogen and oxygen atoms in total. The third kappa shape index (κ3) is 3.88. The Bertz CT molecular complexity index is 467. The van der Waals surface area contributed by atoms with Gasteiger partial charge >= 0.3 is 5.97 Å². The number of rotatable bonds is 5. The number of nitrogens with zero attached hydrogens (tertiary/aromatic N) is 1. The first kappa shape index (κ1) is 15.9. The zero-order chi connectivity index (χ0) is 14.6. The topological polar surface area (TPSA) is 63.2 Å². The third-order valence-electron chi connectivity index (χ3n) is 2.58. The van der Waals surface area contributed by atoms with Gasteiger partial charge in [0.2, 0.25) is 0 Å². The van der Waals surface area contributed by atoms with E-state index in [0.717, 1.165) is 0 Å². The van der Waals surface area contributed by atoms with E-state index in [-0.39, 0.29) is 11.9 Å². The van der Waals surface area contributed by atoms with Gasteiger partial charge in [-0.15, -0.1) is 0 Å². The van der Waals surface area contributed by atoms with E-state index in [1.165, 1.54) is 7.11 Å². The molecule has 106 valence electrons. The molecule has 1 atom stereocenters. The van der Waals surface area contributed by atoms with Gasteiger partial charge < -0.3 is 15.4 Å². The second-order valence-electron chi connectivity index (χ2n) is 4.29. The highest BCUT2D eigenvalue weighted by Crippen LogP contribution is 2.29. The molecule has 1 aromatic rings. The molecule has 2 N–H and O–H groups in total. The SMILES string of the molecule is CNc1nc(NC(C(=O)OC)C(C)C)c(Cl)cc1Cl. The Morgan fingerprint density at radius 2 is 1.89 bits per heavy atom. The highest BCUT2D eigenvalue weighted by atomic mass is 35.5. The second-order valence-corrected chi connectivity index (χ2v) is 5.10. The molecule has 0 radical (unpaired) electrons. The predicted molar refractivity (Wildman–Crippen MR) is 78.1 cm³/mol. The van der Waals surface area contributed by atoms with Crippen LogP contribution in [0, 0.1) is 5.92 Å². The standard InChI is InChI=1S/C12H17Cl2N3O2/c1-6(2)9(12(18)19-4)16-11-8(14)5-7(13)10(15-3)17-11/h5-6,9H,1-4H3,(H2,15,16,17).